The first kappa shape index (κ1) is 32.9. The van der Waals surface area contributed by atoms with Gasteiger partial charge in [0.15, 0.2) is 0 Å². The van der Waals surface area contributed by atoms with Crippen molar-refractivity contribution < 1.29 is 19.1 Å². The van der Waals surface area contributed by atoms with E-state index in [9.17, 15) is 9.59 Å². The van der Waals surface area contributed by atoms with Crippen molar-refractivity contribution in [1.82, 2.24) is 0 Å². The highest BCUT2D eigenvalue weighted by molar-refractivity contribution is 5.74. The van der Waals surface area contributed by atoms with E-state index in [2.05, 4.69) is 40.7 Å². The molecule has 0 aliphatic carbocycles. The van der Waals surface area contributed by atoms with Crippen molar-refractivity contribution in [3.05, 3.63) is 33.9 Å². The van der Waals surface area contributed by atoms with Gasteiger partial charge in [0, 0.05) is 19.4 Å². The third-order valence-corrected chi connectivity index (χ3v) is 7.60. The van der Waals surface area contributed by atoms with E-state index in [0.29, 0.717) is 17.9 Å². The van der Waals surface area contributed by atoms with Gasteiger partial charge < -0.3 is 9.47 Å². The summed E-state index contributed by atoms with van der Waals surface area (Å²) in [6, 6.07) is 0. The topological polar surface area (TPSA) is 52.6 Å². The number of benzene rings is 1. The van der Waals surface area contributed by atoms with E-state index in [4.69, 9.17) is 9.47 Å². The number of allylic oxidation sites excluding steroid dienone is 2. The van der Waals surface area contributed by atoms with Crippen LogP contribution in [0.2, 0.25) is 0 Å². The molecule has 2 atom stereocenters. The molecule has 4 heteroatoms. The molecule has 0 amide bonds. The Balaban J connectivity index is 2.67. The van der Waals surface area contributed by atoms with Crippen LogP contribution in [0.5, 0.6) is 11.5 Å². The van der Waals surface area contributed by atoms with Crippen LogP contribution in [0.3, 0.4) is 0 Å². The molecule has 0 aliphatic rings. The van der Waals surface area contributed by atoms with Gasteiger partial charge in [0.25, 0.3) is 0 Å². The Morgan fingerprint density at radius 3 is 1.65 bits per heavy atom. The number of ether oxygens (including phenoxy) is 2. The fourth-order valence-corrected chi connectivity index (χ4v) is 5.07. The Labute approximate surface area is 227 Å². The lowest BCUT2D eigenvalue weighted by atomic mass is 9.91. The minimum absolute atomic E-state index is 0.344. The summed E-state index contributed by atoms with van der Waals surface area (Å²) in [6.07, 6.45) is 14.5. The monoisotopic (exact) mass is 514 g/mol. The number of carbonyl (C=O) groups is 2. The summed E-state index contributed by atoms with van der Waals surface area (Å²) in [5.41, 5.74) is 4.76. The van der Waals surface area contributed by atoms with Crippen LogP contribution in [0, 0.1) is 38.5 Å². The Hall–Kier alpha value is -2.10. The van der Waals surface area contributed by atoms with Crippen molar-refractivity contribution in [3.63, 3.8) is 0 Å². The molecule has 0 aliphatic heterocycles. The molecule has 0 fully saturated rings. The summed E-state index contributed by atoms with van der Waals surface area (Å²) in [6.45, 7) is 20.2. The molecule has 0 spiro atoms. The standard InChI is InChI=1S/C33H54O4/c1-22(2)14-11-15-23(3)16-12-17-24(4)18-13-19-25(5)20-21-31-28(8)32(36-29(9)34)26(6)27(7)33(31)37-30(10)35/h20,22-24H,11-19,21H2,1-10H3. The van der Waals surface area contributed by atoms with Gasteiger partial charge in [-0.15, -0.1) is 0 Å². The zero-order valence-corrected chi connectivity index (χ0v) is 25.5. The van der Waals surface area contributed by atoms with Gasteiger partial charge in [-0.05, 0) is 81.4 Å². The first-order chi connectivity index (χ1) is 17.3. The van der Waals surface area contributed by atoms with Crippen LogP contribution >= 0.6 is 0 Å². The quantitative estimate of drug-likeness (QED) is 0.125. The Bertz CT molecular complexity index is 910. The maximum atomic E-state index is 11.8. The summed E-state index contributed by atoms with van der Waals surface area (Å²) in [7, 11) is 0. The van der Waals surface area contributed by atoms with E-state index < -0.39 is 0 Å². The molecule has 0 saturated heterocycles. The van der Waals surface area contributed by atoms with Crippen LogP contribution < -0.4 is 9.47 Å². The van der Waals surface area contributed by atoms with Gasteiger partial charge >= 0.3 is 11.9 Å². The molecule has 0 N–H and O–H groups in total. The molecule has 0 heterocycles. The predicted molar refractivity (Wildman–Crippen MR) is 155 cm³/mol. The van der Waals surface area contributed by atoms with Crippen molar-refractivity contribution in [1.29, 1.82) is 0 Å². The van der Waals surface area contributed by atoms with Crippen molar-refractivity contribution in [2.24, 2.45) is 17.8 Å². The summed E-state index contributed by atoms with van der Waals surface area (Å²) >= 11 is 0. The second-order valence-corrected chi connectivity index (χ2v) is 11.8. The van der Waals surface area contributed by atoms with Crippen LogP contribution in [-0.2, 0) is 16.0 Å². The van der Waals surface area contributed by atoms with Gasteiger partial charge in [0.2, 0.25) is 0 Å². The summed E-state index contributed by atoms with van der Waals surface area (Å²) < 4.78 is 11.2. The number of rotatable bonds is 16. The molecule has 0 radical (unpaired) electrons. The maximum Gasteiger partial charge on any atom is 0.308 e. The minimum atomic E-state index is -0.349. The number of hydrogen-bond acceptors (Lipinski definition) is 4. The highest BCUT2D eigenvalue weighted by Crippen LogP contribution is 2.39. The van der Waals surface area contributed by atoms with Crippen LogP contribution in [-0.4, -0.2) is 11.9 Å². The minimum Gasteiger partial charge on any atom is -0.426 e. The molecule has 4 nitrogen and oxygen atoms in total. The molecular weight excluding hydrogens is 460 g/mol. The van der Waals surface area contributed by atoms with Gasteiger partial charge in [-0.25, -0.2) is 0 Å². The Morgan fingerprint density at radius 2 is 1.14 bits per heavy atom. The summed E-state index contributed by atoms with van der Waals surface area (Å²) in [4.78, 5) is 23.5. The Morgan fingerprint density at radius 1 is 0.676 bits per heavy atom. The van der Waals surface area contributed by atoms with E-state index in [1.54, 1.807) is 0 Å². The molecule has 37 heavy (non-hydrogen) atoms. The highest BCUT2D eigenvalue weighted by Gasteiger charge is 2.21. The first-order valence-electron chi connectivity index (χ1n) is 14.5. The lowest BCUT2D eigenvalue weighted by molar-refractivity contribution is -0.133. The van der Waals surface area contributed by atoms with Crippen LogP contribution in [0.15, 0.2) is 11.6 Å². The molecule has 0 bridgehead atoms. The molecule has 1 rings (SSSR count). The predicted octanol–water partition coefficient (Wildman–Crippen LogP) is 9.39. The fraction of sp³-hybridized carbons (Fsp3) is 0.697. The van der Waals surface area contributed by atoms with Gasteiger partial charge in [-0.2, -0.15) is 0 Å². The van der Waals surface area contributed by atoms with Gasteiger partial charge in [-0.1, -0.05) is 84.3 Å². The molecule has 210 valence electrons. The zero-order chi connectivity index (χ0) is 28.1. The third kappa shape index (κ3) is 12.3. The molecule has 0 saturated carbocycles. The van der Waals surface area contributed by atoms with E-state index in [1.165, 1.54) is 70.8 Å². The number of esters is 2. The van der Waals surface area contributed by atoms with Crippen LogP contribution in [0.25, 0.3) is 0 Å². The van der Waals surface area contributed by atoms with Crippen molar-refractivity contribution in [2.45, 2.75) is 133 Å². The number of carbonyl (C=O) groups excluding carboxylic acids is 2. The van der Waals surface area contributed by atoms with Crippen LogP contribution in [0.4, 0.5) is 0 Å². The second kappa shape index (κ2) is 16.7. The van der Waals surface area contributed by atoms with Crippen molar-refractivity contribution >= 4 is 11.9 Å². The smallest absolute Gasteiger partial charge is 0.308 e. The normalized spacial score (nSPS) is 13.5. The second-order valence-electron chi connectivity index (χ2n) is 11.8. The van der Waals surface area contributed by atoms with E-state index >= 15 is 0 Å². The maximum absolute atomic E-state index is 11.8. The average molecular weight is 515 g/mol. The average Bonchev–Trinajstić information content (AvgIpc) is 2.79. The summed E-state index contributed by atoms with van der Waals surface area (Å²) in [5.74, 6) is 2.91. The van der Waals surface area contributed by atoms with E-state index in [0.717, 1.165) is 46.4 Å². The van der Waals surface area contributed by atoms with Gasteiger partial charge in [0.05, 0.1) is 0 Å². The van der Waals surface area contributed by atoms with Crippen LogP contribution in [0.1, 0.15) is 129 Å². The highest BCUT2D eigenvalue weighted by atomic mass is 16.5. The van der Waals surface area contributed by atoms with E-state index in [-0.39, 0.29) is 11.9 Å². The molecule has 0 aromatic heterocycles. The Kier molecular flexibility index (Phi) is 14.8. The third-order valence-electron chi connectivity index (χ3n) is 7.60. The van der Waals surface area contributed by atoms with Crippen molar-refractivity contribution in [2.75, 3.05) is 0 Å². The summed E-state index contributed by atoms with van der Waals surface area (Å²) in [5, 5.41) is 0. The van der Waals surface area contributed by atoms with Crippen molar-refractivity contribution in [3.8, 4) is 11.5 Å². The molecule has 1 aromatic rings. The fourth-order valence-electron chi connectivity index (χ4n) is 5.07. The lowest BCUT2D eigenvalue weighted by Gasteiger charge is -2.20. The lowest BCUT2D eigenvalue weighted by Crippen LogP contribution is -2.11. The SMILES string of the molecule is CC(=O)Oc1c(C)c(C)c(OC(C)=O)c(CC=C(C)CCCC(C)CCCC(C)CCCC(C)C)c1C. The molecular formula is C33H54O4. The number of hydrogen-bond donors (Lipinski definition) is 0. The van der Waals surface area contributed by atoms with Gasteiger partial charge in [-0.3, -0.25) is 9.59 Å². The van der Waals surface area contributed by atoms with Gasteiger partial charge in [0.1, 0.15) is 11.5 Å². The van der Waals surface area contributed by atoms with E-state index in [1.807, 2.05) is 20.8 Å². The molecule has 2 unspecified atom stereocenters. The first-order valence-corrected chi connectivity index (χ1v) is 14.5. The zero-order valence-electron chi connectivity index (χ0n) is 25.5. The molecule has 1 aromatic carbocycles. The largest absolute Gasteiger partial charge is 0.426 e.